The zero-order valence-corrected chi connectivity index (χ0v) is 12.6. The summed E-state index contributed by atoms with van der Waals surface area (Å²) in [6.45, 7) is 8.69. The number of amides is 1. The molecule has 0 aromatic heterocycles. The van der Waals surface area contributed by atoms with Crippen LogP contribution in [0.1, 0.15) is 34.0 Å². The monoisotopic (exact) mass is 270 g/mol. The van der Waals surface area contributed by atoms with E-state index in [-0.39, 0.29) is 24.4 Å². The van der Waals surface area contributed by atoms with E-state index < -0.39 is 0 Å². The molecular weight excluding hydrogens is 248 g/mol. The number of hydrogen-bond donors (Lipinski definition) is 2. The van der Waals surface area contributed by atoms with Crippen molar-refractivity contribution in [2.75, 3.05) is 13.6 Å². The van der Waals surface area contributed by atoms with Crippen LogP contribution in [0.2, 0.25) is 0 Å². The first-order valence-electron chi connectivity index (χ1n) is 5.99. The predicted molar refractivity (Wildman–Crippen MR) is 78.8 cm³/mol. The van der Waals surface area contributed by atoms with Gasteiger partial charge in [0.25, 0.3) is 5.91 Å². The molecule has 3 nitrogen and oxygen atoms in total. The van der Waals surface area contributed by atoms with Gasteiger partial charge in [0.05, 0.1) is 0 Å². The molecule has 0 fully saturated rings. The topological polar surface area (TPSA) is 41.1 Å². The largest absolute Gasteiger partial charge is 0.350 e. The summed E-state index contributed by atoms with van der Waals surface area (Å²) in [5.41, 5.74) is 4.08. The predicted octanol–water partition coefficient (Wildman–Crippen LogP) is 2.37. The van der Waals surface area contributed by atoms with Crippen LogP contribution in [0.3, 0.4) is 0 Å². The second-order valence-electron chi connectivity index (χ2n) is 4.67. The minimum absolute atomic E-state index is 0. The Morgan fingerprint density at radius 1 is 1.22 bits per heavy atom. The highest BCUT2D eigenvalue weighted by molar-refractivity contribution is 5.97. The molecule has 0 aliphatic heterocycles. The SMILES string of the molecule is CNC(C)CNC(=O)c1c(C)cc(C)cc1C.Cl. The maximum Gasteiger partial charge on any atom is 0.251 e. The molecule has 0 spiro atoms. The second kappa shape index (κ2) is 7.39. The van der Waals surface area contributed by atoms with Crippen molar-refractivity contribution in [1.82, 2.24) is 10.6 Å². The zero-order chi connectivity index (χ0) is 13.0. The second-order valence-corrected chi connectivity index (χ2v) is 4.67. The van der Waals surface area contributed by atoms with Crippen molar-refractivity contribution in [2.24, 2.45) is 0 Å². The highest BCUT2D eigenvalue weighted by atomic mass is 35.5. The number of aryl methyl sites for hydroxylation is 3. The van der Waals surface area contributed by atoms with Gasteiger partial charge in [0.1, 0.15) is 0 Å². The quantitative estimate of drug-likeness (QED) is 0.882. The molecule has 1 amide bonds. The summed E-state index contributed by atoms with van der Waals surface area (Å²) in [4.78, 5) is 12.1. The van der Waals surface area contributed by atoms with E-state index in [9.17, 15) is 4.79 Å². The fourth-order valence-corrected chi connectivity index (χ4v) is 1.97. The number of carbonyl (C=O) groups is 1. The lowest BCUT2D eigenvalue weighted by molar-refractivity contribution is 0.0949. The van der Waals surface area contributed by atoms with E-state index in [4.69, 9.17) is 0 Å². The summed E-state index contributed by atoms with van der Waals surface area (Å²) in [5.74, 6) is 0.0158. The molecule has 0 aliphatic carbocycles. The highest BCUT2D eigenvalue weighted by Gasteiger charge is 2.12. The summed E-state index contributed by atoms with van der Waals surface area (Å²) < 4.78 is 0. The van der Waals surface area contributed by atoms with E-state index in [1.807, 2.05) is 46.9 Å². The van der Waals surface area contributed by atoms with Gasteiger partial charge in [-0.3, -0.25) is 4.79 Å². The number of likely N-dealkylation sites (N-methyl/N-ethyl adjacent to an activating group) is 1. The molecule has 1 aromatic rings. The van der Waals surface area contributed by atoms with Crippen LogP contribution in [-0.4, -0.2) is 25.5 Å². The molecular formula is C14H23ClN2O. The van der Waals surface area contributed by atoms with Crippen LogP contribution in [0.25, 0.3) is 0 Å². The van der Waals surface area contributed by atoms with Crippen molar-refractivity contribution in [3.8, 4) is 0 Å². The van der Waals surface area contributed by atoms with Crippen molar-refractivity contribution in [3.05, 3.63) is 34.4 Å². The molecule has 2 N–H and O–H groups in total. The first-order chi connectivity index (χ1) is 7.95. The van der Waals surface area contributed by atoms with Gasteiger partial charge in [-0.15, -0.1) is 12.4 Å². The average Bonchev–Trinajstić information content (AvgIpc) is 2.24. The van der Waals surface area contributed by atoms with Crippen LogP contribution >= 0.6 is 12.4 Å². The van der Waals surface area contributed by atoms with E-state index in [0.29, 0.717) is 6.54 Å². The van der Waals surface area contributed by atoms with E-state index in [1.165, 1.54) is 5.56 Å². The Hall–Kier alpha value is -1.06. The fourth-order valence-electron chi connectivity index (χ4n) is 1.97. The Morgan fingerprint density at radius 2 is 1.72 bits per heavy atom. The van der Waals surface area contributed by atoms with E-state index in [0.717, 1.165) is 16.7 Å². The van der Waals surface area contributed by atoms with Gasteiger partial charge in [-0.1, -0.05) is 17.7 Å². The van der Waals surface area contributed by atoms with Crippen LogP contribution < -0.4 is 10.6 Å². The number of nitrogens with one attached hydrogen (secondary N) is 2. The highest BCUT2D eigenvalue weighted by Crippen LogP contribution is 2.16. The lowest BCUT2D eigenvalue weighted by atomic mass is 9.99. The molecule has 4 heteroatoms. The van der Waals surface area contributed by atoms with Gasteiger partial charge in [0.2, 0.25) is 0 Å². The van der Waals surface area contributed by atoms with Gasteiger partial charge in [-0.25, -0.2) is 0 Å². The molecule has 1 atom stereocenters. The molecule has 102 valence electrons. The fraction of sp³-hybridized carbons (Fsp3) is 0.500. The third kappa shape index (κ3) is 4.31. The van der Waals surface area contributed by atoms with Crippen molar-refractivity contribution in [2.45, 2.75) is 33.7 Å². The molecule has 18 heavy (non-hydrogen) atoms. The number of benzene rings is 1. The standard InChI is InChI=1S/C14H22N2O.ClH/c1-9-6-10(2)13(11(3)7-9)14(17)16-8-12(4)15-5;/h6-7,12,15H,8H2,1-5H3,(H,16,17);1H. The summed E-state index contributed by atoms with van der Waals surface area (Å²) in [7, 11) is 1.89. The summed E-state index contributed by atoms with van der Waals surface area (Å²) in [5, 5.41) is 6.04. The molecule has 0 radical (unpaired) electrons. The number of hydrogen-bond acceptors (Lipinski definition) is 2. The van der Waals surface area contributed by atoms with Crippen molar-refractivity contribution in [1.29, 1.82) is 0 Å². The van der Waals surface area contributed by atoms with Crippen molar-refractivity contribution < 1.29 is 4.79 Å². The Kier molecular flexibility index (Phi) is 6.96. The van der Waals surface area contributed by atoms with E-state index >= 15 is 0 Å². The minimum Gasteiger partial charge on any atom is -0.350 e. The summed E-state index contributed by atoms with van der Waals surface area (Å²) in [6, 6.07) is 4.37. The smallest absolute Gasteiger partial charge is 0.251 e. The minimum atomic E-state index is 0. The Balaban J connectivity index is 0.00000289. The van der Waals surface area contributed by atoms with Gasteiger partial charge >= 0.3 is 0 Å². The van der Waals surface area contributed by atoms with Gasteiger partial charge in [-0.2, -0.15) is 0 Å². The number of halogens is 1. The Bertz CT molecular complexity index is 395. The van der Waals surface area contributed by atoms with Gasteiger partial charge in [-0.05, 0) is 45.9 Å². The average molecular weight is 271 g/mol. The summed E-state index contributed by atoms with van der Waals surface area (Å²) in [6.07, 6.45) is 0. The molecule has 1 aromatic carbocycles. The van der Waals surface area contributed by atoms with E-state index in [1.54, 1.807) is 0 Å². The van der Waals surface area contributed by atoms with Crippen LogP contribution in [-0.2, 0) is 0 Å². The molecule has 1 unspecified atom stereocenters. The van der Waals surface area contributed by atoms with Gasteiger partial charge in [0, 0.05) is 18.2 Å². The van der Waals surface area contributed by atoms with Crippen LogP contribution in [0.4, 0.5) is 0 Å². The first kappa shape index (κ1) is 16.9. The first-order valence-corrected chi connectivity index (χ1v) is 5.99. The van der Waals surface area contributed by atoms with Crippen LogP contribution in [0.5, 0.6) is 0 Å². The maximum absolute atomic E-state index is 12.1. The van der Waals surface area contributed by atoms with Gasteiger partial charge < -0.3 is 10.6 Å². The van der Waals surface area contributed by atoms with Crippen molar-refractivity contribution >= 4 is 18.3 Å². The third-order valence-electron chi connectivity index (χ3n) is 2.97. The molecule has 0 heterocycles. The lowest BCUT2D eigenvalue weighted by Gasteiger charge is -2.14. The maximum atomic E-state index is 12.1. The molecule has 0 aliphatic rings. The van der Waals surface area contributed by atoms with Crippen LogP contribution in [0.15, 0.2) is 12.1 Å². The zero-order valence-electron chi connectivity index (χ0n) is 11.8. The molecule has 1 rings (SSSR count). The van der Waals surface area contributed by atoms with Crippen LogP contribution in [0, 0.1) is 20.8 Å². The Morgan fingerprint density at radius 3 is 2.17 bits per heavy atom. The normalized spacial score (nSPS) is 11.6. The lowest BCUT2D eigenvalue weighted by Crippen LogP contribution is -2.37. The molecule has 0 saturated carbocycles. The molecule has 0 saturated heterocycles. The Labute approximate surface area is 116 Å². The number of rotatable bonds is 4. The van der Waals surface area contributed by atoms with E-state index in [2.05, 4.69) is 10.6 Å². The summed E-state index contributed by atoms with van der Waals surface area (Å²) >= 11 is 0. The number of carbonyl (C=O) groups excluding carboxylic acids is 1. The third-order valence-corrected chi connectivity index (χ3v) is 2.97. The van der Waals surface area contributed by atoms with Crippen molar-refractivity contribution in [3.63, 3.8) is 0 Å². The molecule has 0 bridgehead atoms. The van der Waals surface area contributed by atoms with Gasteiger partial charge in [0.15, 0.2) is 0 Å².